The van der Waals surface area contributed by atoms with Gasteiger partial charge in [-0.15, -0.1) is 0 Å². The van der Waals surface area contributed by atoms with E-state index in [4.69, 9.17) is 15.0 Å². The van der Waals surface area contributed by atoms with Gasteiger partial charge in [0.05, 0.1) is 0 Å². The molecule has 3 nitrogen and oxygen atoms in total. The molecule has 0 bridgehead atoms. The van der Waals surface area contributed by atoms with Crippen molar-refractivity contribution in [2.75, 3.05) is 0 Å². The molecule has 0 spiro atoms. The molecular formula is C39H25N3Se. The van der Waals surface area contributed by atoms with E-state index in [0.29, 0.717) is 17.5 Å². The normalized spacial score (nSPS) is 11.3. The van der Waals surface area contributed by atoms with Gasteiger partial charge in [0.25, 0.3) is 0 Å². The predicted molar refractivity (Wildman–Crippen MR) is 179 cm³/mol. The Kier molecular flexibility index (Phi) is 6.49. The van der Waals surface area contributed by atoms with E-state index in [1.165, 1.54) is 36.0 Å². The monoisotopic (exact) mass is 615 g/mol. The van der Waals surface area contributed by atoms with E-state index in [1.54, 1.807) is 0 Å². The van der Waals surface area contributed by atoms with Gasteiger partial charge in [0.15, 0.2) is 0 Å². The van der Waals surface area contributed by atoms with Gasteiger partial charge >= 0.3 is 251 Å². The Balaban J connectivity index is 1.31. The SMILES string of the molecule is c1ccc(-c2ccc(-c3nc(-c4ccccc4)nc(-c4cccc5c4[se]c4c(-c6ccccc6)cccc45)n3)cc2)cc1. The molecule has 0 aliphatic carbocycles. The number of aromatic nitrogens is 3. The molecule has 2 heterocycles. The summed E-state index contributed by atoms with van der Waals surface area (Å²) in [6, 6.07) is 53.0. The second-order valence-corrected chi connectivity index (χ2v) is 12.6. The van der Waals surface area contributed by atoms with Gasteiger partial charge in [0.2, 0.25) is 0 Å². The third kappa shape index (κ3) is 4.77. The molecular weight excluding hydrogens is 589 g/mol. The molecule has 0 amide bonds. The predicted octanol–water partition coefficient (Wildman–Crippen LogP) is 9.57. The zero-order chi connectivity index (χ0) is 28.6. The molecule has 8 aromatic rings. The van der Waals surface area contributed by atoms with Crippen LogP contribution in [-0.4, -0.2) is 29.5 Å². The number of nitrogens with zero attached hydrogens (tertiary/aromatic N) is 3. The van der Waals surface area contributed by atoms with Crippen molar-refractivity contribution in [1.82, 2.24) is 15.0 Å². The minimum absolute atomic E-state index is 0.102. The maximum atomic E-state index is 5.11. The Labute approximate surface area is 255 Å². The summed E-state index contributed by atoms with van der Waals surface area (Å²) in [5.41, 5.74) is 7.93. The van der Waals surface area contributed by atoms with Crippen LogP contribution in [0.15, 0.2) is 152 Å². The first-order chi connectivity index (χ1) is 21.3. The fourth-order valence-electron chi connectivity index (χ4n) is 5.63. The molecule has 202 valence electrons. The molecule has 0 unspecified atom stereocenters. The van der Waals surface area contributed by atoms with E-state index in [1.807, 2.05) is 24.3 Å². The third-order valence-corrected chi connectivity index (χ3v) is 10.5. The molecule has 0 saturated heterocycles. The molecule has 0 aliphatic rings. The van der Waals surface area contributed by atoms with Crippen molar-refractivity contribution in [2.24, 2.45) is 0 Å². The summed E-state index contributed by atoms with van der Waals surface area (Å²) in [4.78, 5) is 15.2. The Morgan fingerprint density at radius 3 is 1.33 bits per heavy atom. The van der Waals surface area contributed by atoms with Crippen molar-refractivity contribution in [3.8, 4) is 56.4 Å². The standard InChI is InChI=1S/C39H25N3Se/c1-4-12-26(13-5-1)27-22-24-30(25-23-27)38-40-37(29-16-8-3-9-17-29)41-39(42-38)34-21-11-20-33-32-19-10-18-31(35(32)43-36(33)34)28-14-6-2-7-15-28/h1-25H. The number of rotatable bonds is 5. The fourth-order valence-corrected chi connectivity index (χ4v) is 8.45. The van der Waals surface area contributed by atoms with Gasteiger partial charge < -0.3 is 0 Å². The van der Waals surface area contributed by atoms with Gasteiger partial charge in [-0.2, -0.15) is 0 Å². The summed E-state index contributed by atoms with van der Waals surface area (Å²) in [6.45, 7) is 0. The number of fused-ring (bicyclic) bond motifs is 3. The van der Waals surface area contributed by atoms with Crippen LogP contribution in [0.3, 0.4) is 0 Å². The Morgan fingerprint density at radius 2 is 0.721 bits per heavy atom. The van der Waals surface area contributed by atoms with E-state index in [0.717, 1.165) is 22.3 Å². The first-order valence-electron chi connectivity index (χ1n) is 14.3. The fraction of sp³-hybridized carbons (Fsp3) is 0. The van der Waals surface area contributed by atoms with Crippen molar-refractivity contribution in [2.45, 2.75) is 0 Å². The van der Waals surface area contributed by atoms with Crippen molar-refractivity contribution in [3.63, 3.8) is 0 Å². The van der Waals surface area contributed by atoms with Gasteiger partial charge in [0.1, 0.15) is 0 Å². The summed E-state index contributed by atoms with van der Waals surface area (Å²) >= 11 is 0.102. The molecule has 43 heavy (non-hydrogen) atoms. The first-order valence-corrected chi connectivity index (χ1v) is 16.0. The van der Waals surface area contributed by atoms with E-state index < -0.39 is 0 Å². The van der Waals surface area contributed by atoms with Crippen molar-refractivity contribution in [3.05, 3.63) is 152 Å². The zero-order valence-corrected chi connectivity index (χ0v) is 24.9. The molecule has 0 N–H and O–H groups in total. The first kappa shape index (κ1) is 25.6. The summed E-state index contributed by atoms with van der Waals surface area (Å²) in [5, 5.41) is 2.59. The van der Waals surface area contributed by atoms with Crippen LogP contribution in [0, 0.1) is 0 Å². The van der Waals surface area contributed by atoms with Gasteiger partial charge in [-0.05, 0) is 0 Å². The number of benzene rings is 6. The van der Waals surface area contributed by atoms with Crippen LogP contribution in [0.5, 0.6) is 0 Å². The zero-order valence-electron chi connectivity index (χ0n) is 23.2. The van der Waals surface area contributed by atoms with E-state index in [2.05, 4.69) is 127 Å². The molecule has 0 saturated carbocycles. The second-order valence-electron chi connectivity index (χ2n) is 10.4. The van der Waals surface area contributed by atoms with Crippen molar-refractivity contribution >= 4 is 33.8 Å². The van der Waals surface area contributed by atoms with Crippen molar-refractivity contribution < 1.29 is 0 Å². The van der Waals surface area contributed by atoms with Crippen LogP contribution >= 0.6 is 0 Å². The van der Waals surface area contributed by atoms with E-state index in [9.17, 15) is 0 Å². The Bertz CT molecular complexity index is 2210. The van der Waals surface area contributed by atoms with Gasteiger partial charge in [0, 0.05) is 0 Å². The van der Waals surface area contributed by atoms with Crippen LogP contribution in [-0.2, 0) is 0 Å². The van der Waals surface area contributed by atoms with E-state index in [-0.39, 0.29) is 14.5 Å². The summed E-state index contributed by atoms with van der Waals surface area (Å²) in [7, 11) is 0. The molecule has 2 aromatic heterocycles. The molecule has 6 aromatic carbocycles. The van der Waals surface area contributed by atoms with Gasteiger partial charge in [-0.3, -0.25) is 0 Å². The third-order valence-electron chi connectivity index (χ3n) is 7.77. The average molecular weight is 615 g/mol. The molecule has 0 atom stereocenters. The molecule has 0 radical (unpaired) electrons. The molecule has 8 rings (SSSR count). The number of hydrogen-bond donors (Lipinski definition) is 0. The Hall–Kier alpha value is -5.15. The minimum atomic E-state index is 0.102. The summed E-state index contributed by atoms with van der Waals surface area (Å²) in [6.07, 6.45) is 0. The molecule has 0 aliphatic heterocycles. The van der Waals surface area contributed by atoms with Crippen LogP contribution in [0.2, 0.25) is 0 Å². The molecule has 4 heteroatoms. The topological polar surface area (TPSA) is 38.7 Å². The average Bonchev–Trinajstić information content (AvgIpc) is 3.48. The Morgan fingerprint density at radius 1 is 0.302 bits per heavy atom. The summed E-state index contributed by atoms with van der Waals surface area (Å²) in [5.74, 6) is 2.07. The van der Waals surface area contributed by atoms with Gasteiger partial charge in [-0.1, -0.05) is 6.07 Å². The number of hydrogen-bond acceptors (Lipinski definition) is 3. The van der Waals surface area contributed by atoms with Crippen LogP contribution < -0.4 is 0 Å². The van der Waals surface area contributed by atoms with Crippen molar-refractivity contribution in [1.29, 1.82) is 0 Å². The second kappa shape index (κ2) is 10.9. The quantitative estimate of drug-likeness (QED) is 0.181. The van der Waals surface area contributed by atoms with Crippen LogP contribution in [0.4, 0.5) is 0 Å². The van der Waals surface area contributed by atoms with Crippen LogP contribution in [0.25, 0.3) is 75.7 Å². The maximum absolute atomic E-state index is 5.11. The summed E-state index contributed by atoms with van der Waals surface area (Å²) < 4.78 is 2.74. The van der Waals surface area contributed by atoms with E-state index >= 15 is 0 Å². The molecule has 0 fully saturated rings. The van der Waals surface area contributed by atoms with Crippen LogP contribution in [0.1, 0.15) is 0 Å². The van der Waals surface area contributed by atoms with Gasteiger partial charge in [-0.25, -0.2) is 0 Å².